The molecule has 0 aliphatic heterocycles. The Hall–Kier alpha value is -2.45. The summed E-state index contributed by atoms with van der Waals surface area (Å²) in [5, 5.41) is 12.0. The normalized spacial score (nSPS) is 12.3. The van der Waals surface area contributed by atoms with Gasteiger partial charge in [0.05, 0.1) is 6.04 Å². The lowest BCUT2D eigenvalue weighted by Gasteiger charge is -2.13. The monoisotopic (exact) mass is 372 g/mol. The fraction of sp³-hybridized carbons (Fsp3) is 0.111. The van der Waals surface area contributed by atoms with Gasteiger partial charge in [-0.15, -0.1) is 0 Å². The van der Waals surface area contributed by atoms with E-state index in [4.69, 9.17) is 0 Å². The number of nitrogens with one attached hydrogen (secondary N) is 1. The van der Waals surface area contributed by atoms with E-state index in [1.165, 1.54) is 24.3 Å². The zero-order valence-corrected chi connectivity index (χ0v) is 14.0. The van der Waals surface area contributed by atoms with Crippen LogP contribution in [-0.2, 0) is 4.79 Å². The summed E-state index contributed by atoms with van der Waals surface area (Å²) in [5.41, 5.74) is 1.29. The van der Waals surface area contributed by atoms with E-state index in [1.54, 1.807) is 0 Å². The van der Waals surface area contributed by atoms with Crippen molar-refractivity contribution in [3.05, 3.63) is 75.5 Å². The molecule has 1 N–H and O–H groups in total. The van der Waals surface area contributed by atoms with Crippen molar-refractivity contribution in [2.45, 2.75) is 13.0 Å². The highest BCUT2D eigenvalue weighted by Gasteiger charge is 2.14. The third-order valence-corrected chi connectivity index (χ3v) is 3.99. The molecule has 5 heteroatoms. The molecule has 0 radical (unpaired) electrons. The Bertz CT molecular complexity index is 781. The van der Waals surface area contributed by atoms with Gasteiger partial charge in [0.25, 0.3) is 5.91 Å². The van der Waals surface area contributed by atoms with E-state index in [-0.39, 0.29) is 11.6 Å². The molecule has 0 bridgehead atoms. The third kappa shape index (κ3) is 4.51. The number of hydrogen-bond donors (Lipinski definition) is 1. The molecule has 0 aliphatic carbocycles. The first-order valence-electron chi connectivity index (χ1n) is 6.94. The standard InChI is InChI=1S/C18H14BrFN2O/c1-12(13-5-3-2-4-6-13)22-18(23)15(11-21)9-14-10-16(20)7-8-17(14)19/h2-10,12H,1H3,(H,22,23)/b15-9-. The average molecular weight is 373 g/mol. The highest BCUT2D eigenvalue weighted by Crippen LogP contribution is 2.21. The fourth-order valence-electron chi connectivity index (χ4n) is 2.03. The molecule has 1 unspecified atom stereocenters. The average Bonchev–Trinajstić information content (AvgIpc) is 2.56. The molecule has 116 valence electrons. The van der Waals surface area contributed by atoms with E-state index in [1.807, 2.05) is 43.3 Å². The first-order chi connectivity index (χ1) is 11.0. The highest BCUT2D eigenvalue weighted by atomic mass is 79.9. The van der Waals surface area contributed by atoms with Gasteiger partial charge in [0.15, 0.2) is 0 Å². The fourth-order valence-corrected chi connectivity index (χ4v) is 2.39. The van der Waals surface area contributed by atoms with Crippen molar-refractivity contribution in [3.8, 4) is 6.07 Å². The van der Waals surface area contributed by atoms with E-state index < -0.39 is 11.7 Å². The number of carbonyl (C=O) groups is 1. The molecule has 0 fully saturated rings. The number of hydrogen-bond acceptors (Lipinski definition) is 2. The van der Waals surface area contributed by atoms with Crippen LogP contribution in [0.4, 0.5) is 4.39 Å². The lowest BCUT2D eigenvalue weighted by atomic mass is 10.1. The maximum Gasteiger partial charge on any atom is 0.262 e. The second-order valence-electron chi connectivity index (χ2n) is 4.94. The quantitative estimate of drug-likeness (QED) is 0.639. The van der Waals surface area contributed by atoms with Crippen molar-refractivity contribution < 1.29 is 9.18 Å². The lowest BCUT2D eigenvalue weighted by Crippen LogP contribution is -2.27. The number of benzene rings is 2. The van der Waals surface area contributed by atoms with Gasteiger partial charge in [-0.05, 0) is 42.3 Å². The number of rotatable bonds is 4. The number of amides is 1. The molecular formula is C18H14BrFN2O. The summed E-state index contributed by atoms with van der Waals surface area (Å²) >= 11 is 3.27. The first kappa shape index (κ1) is 16.9. The molecule has 0 heterocycles. The molecule has 0 aromatic heterocycles. The van der Waals surface area contributed by atoms with Gasteiger partial charge in [-0.2, -0.15) is 5.26 Å². The van der Waals surface area contributed by atoms with Crippen LogP contribution in [0.5, 0.6) is 0 Å². The van der Waals surface area contributed by atoms with Gasteiger partial charge >= 0.3 is 0 Å². The molecule has 1 atom stereocenters. The molecule has 2 rings (SSSR count). The van der Waals surface area contributed by atoms with Crippen LogP contribution in [-0.4, -0.2) is 5.91 Å². The van der Waals surface area contributed by atoms with Crippen molar-refractivity contribution in [2.75, 3.05) is 0 Å². The van der Waals surface area contributed by atoms with Crippen molar-refractivity contribution in [3.63, 3.8) is 0 Å². The Morgan fingerprint density at radius 3 is 2.65 bits per heavy atom. The van der Waals surface area contributed by atoms with Gasteiger partial charge in [0, 0.05) is 4.47 Å². The van der Waals surface area contributed by atoms with E-state index in [0.29, 0.717) is 10.0 Å². The van der Waals surface area contributed by atoms with Crippen LogP contribution < -0.4 is 5.32 Å². The molecule has 3 nitrogen and oxygen atoms in total. The van der Waals surface area contributed by atoms with Gasteiger partial charge in [0.2, 0.25) is 0 Å². The second kappa shape index (κ2) is 7.70. The Morgan fingerprint density at radius 2 is 2.00 bits per heavy atom. The maximum absolute atomic E-state index is 13.3. The molecule has 2 aromatic carbocycles. The lowest BCUT2D eigenvalue weighted by molar-refractivity contribution is -0.117. The van der Waals surface area contributed by atoms with E-state index >= 15 is 0 Å². The van der Waals surface area contributed by atoms with Gasteiger partial charge in [-0.3, -0.25) is 4.79 Å². The van der Waals surface area contributed by atoms with E-state index in [0.717, 1.165) is 5.56 Å². The molecule has 0 saturated carbocycles. The Labute approximate surface area is 142 Å². The summed E-state index contributed by atoms with van der Waals surface area (Å²) in [7, 11) is 0. The van der Waals surface area contributed by atoms with Crippen LogP contribution in [0.2, 0.25) is 0 Å². The molecule has 2 aromatic rings. The molecule has 1 amide bonds. The zero-order chi connectivity index (χ0) is 16.8. The Kier molecular flexibility index (Phi) is 5.67. The van der Waals surface area contributed by atoms with Crippen LogP contribution in [0.3, 0.4) is 0 Å². The predicted molar refractivity (Wildman–Crippen MR) is 90.7 cm³/mol. The smallest absolute Gasteiger partial charge is 0.262 e. The minimum absolute atomic E-state index is 0.0842. The number of halogens is 2. The Balaban J connectivity index is 2.20. The van der Waals surface area contributed by atoms with Crippen LogP contribution in [0.1, 0.15) is 24.1 Å². The SMILES string of the molecule is CC(NC(=O)/C(C#N)=C\c1cc(F)ccc1Br)c1ccccc1. The van der Waals surface area contributed by atoms with Crippen LogP contribution in [0.15, 0.2) is 58.6 Å². The van der Waals surface area contributed by atoms with Crippen molar-refractivity contribution in [1.82, 2.24) is 5.32 Å². The molecule has 0 spiro atoms. The number of carbonyl (C=O) groups excluding carboxylic acids is 1. The van der Waals surface area contributed by atoms with Crippen molar-refractivity contribution >= 4 is 27.9 Å². The molecule has 23 heavy (non-hydrogen) atoms. The number of nitriles is 1. The largest absolute Gasteiger partial charge is 0.345 e. The van der Waals surface area contributed by atoms with Crippen LogP contribution in [0.25, 0.3) is 6.08 Å². The summed E-state index contributed by atoms with van der Waals surface area (Å²) < 4.78 is 13.9. The van der Waals surface area contributed by atoms with Gasteiger partial charge in [0.1, 0.15) is 17.5 Å². The van der Waals surface area contributed by atoms with Crippen LogP contribution >= 0.6 is 15.9 Å². The summed E-state index contributed by atoms with van der Waals surface area (Å²) in [5.74, 6) is -0.935. The molecule has 0 aliphatic rings. The number of nitrogens with zero attached hydrogens (tertiary/aromatic N) is 1. The van der Waals surface area contributed by atoms with Gasteiger partial charge in [-0.25, -0.2) is 4.39 Å². The summed E-state index contributed by atoms with van der Waals surface area (Å²) in [6, 6.07) is 15.1. The summed E-state index contributed by atoms with van der Waals surface area (Å²) in [6.07, 6.45) is 1.36. The topological polar surface area (TPSA) is 52.9 Å². The van der Waals surface area contributed by atoms with Crippen molar-refractivity contribution in [1.29, 1.82) is 5.26 Å². The summed E-state index contributed by atoms with van der Waals surface area (Å²) in [4.78, 5) is 12.2. The Morgan fingerprint density at radius 1 is 1.30 bits per heavy atom. The van der Waals surface area contributed by atoms with Gasteiger partial charge < -0.3 is 5.32 Å². The zero-order valence-electron chi connectivity index (χ0n) is 12.4. The van der Waals surface area contributed by atoms with Crippen LogP contribution in [0, 0.1) is 17.1 Å². The van der Waals surface area contributed by atoms with E-state index in [9.17, 15) is 14.4 Å². The minimum atomic E-state index is -0.500. The van der Waals surface area contributed by atoms with Crippen molar-refractivity contribution in [2.24, 2.45) is 0 Å². The first-order valence-corrected chi connectivity index (χ1v) is 7.73. The van der Waals surface area contributed by atoms with E-state index in [2.05, 4.69) is 21.2 Å². The summed E-state index contributed by atoms with van der Waals surface area (Å²) in [6.45, 7) is 1.83. The third-order valence-electron chi connectivity index (χ3n) is 3.27. The molecule has 0 saturated heterocycles. The highest BCUT2D eigenvalue weighted by molar-refractivity contribution is 9.10. The molecular weight excluding hydrogens is 359 g/mol. The predicted octanol–water partition coefficient (Wildman–Crippen LogP) is 4.37. The van der Waals surface area contributed by atoms with Gasteiger partial charge in [-0.1, -0.05) is 46.3 Å². The second-order valence-corrected chi connectivity index (χ2v) is 5.80. The minimum Gasteiger partial charge on any atom is -0.345 e. The maximum atomic E-state index is 13.3.